The van der Waals surface area contributed by atoms with Gasteiger partial charge in [-0.3, -0.25) is 18.7 Å². The number of furan rings is 1. The van der Waals surface area contributed by atoms with Gasteiger partial charge in [-0.1, -0.05) is 30.0 Å². The maximum Gasteiger partial charge on any atom is 0.332 e. The molecule has 0 atom stereocenters. The molecule has 0 saturated heterocycles. The molecule has 0 bridgehead atoms. The van der Waals surface area contributed by atoms with E-state index in [1.54, 1.807) is 12.1 Å². The highest BCUT2D eigenvalue weighted by atomic mass is 32.2. The molecule has 152 valence electrons. The number of benzene rings is 1. The summed E-state index contributed by atoms with van der Waals surface area (Å²) in [5.41, 5.74) is 5.06. The Bertz CT molecular complexity index is 1390. The van der Waals surface area contributed by atoms with Crippen molar-refractivity contribution in [3.8, 4) is 11.6 Å². The Labute approximate surface area is 174 Å². The molecule has 0 amide bonds. The van der Waals surface area contributed by atoms with Crippen molar-refractivity contribution >= 4 is 34.3 Å². The second-order valence-electron chi connectivity index (χ2n) is 6.52. The van der Waals surface area contributed by atoms with Crippen LogP contribution in [-0.2, 0) is 14.1 Å². The molecule has 9 nitrogen and oxygen atoms in total. The second-order valence-corrected chi connectivity index (χ2v) is 7.49. The number of carbonyl (C=O) groups is 1. The molecule has 0 radical (unpaired) electrons. The minimum atomic E-state index is -0.718. The van der Waals surface area contributed by atoms with Gasteiger partial charge in [-0.15, -0.1) is 0 Å². The summed E-state index contributed by atoms with van der Waals surface area (Å²) in [7, 11) is 2.72. The number of nitrogens with two attached hydrogens (primary N) is 1. The minimum Gasteiger partial charge on any atom is -0.461 e. The highest BCUT2D eigenvalue weighted by molar-refractivity contribution is 8.00. The van der Waals surface area contributed by atoms with Crippen LogP contribution in [-0.4, -0.2) is 30.6 Å². The summed E-state index contributed by atoms with van der Waals surface area (Å²) in [5, 5.41) is 1.34. The van der Waals surface area contributed by atoms with Crippen molar-refractivity contribution in [3.05, 3.63) is 69.1 Å². The van der Waals surface area contributed by atoms with E-state index >= 15 is 0 Å². The minimum absolute atomic E-state index is 0.0871. The van der Waals surface area contributed by atoms with Gasteiger partial charge in [0.2, 0.25) is 0 Å². The molecule has 0 aliphatic rings. The Morgan fingerprint density at radius 1 is 1.10 bits per heavy atom. The number of nitrogens with zero attached hydrogens (tertiary/aromatic N) is 4. The molecule has 3 aromatic heterocycles. The van der Waals surface area contributed by atoms with Crippen LogP contribution in [0.25, 0.3) is 22.5 Å². The zero-order valence-corrected chi connectivity index (χ0v) is 17.0. The fourth-order valence-electron chi connectivity index (χ4n) is 3.00. The number of hydrogen-bond acceptors (Lipinski definition) is 8. The Balaban J connectivity index is 1.72. The van der Waals surface area contributed by atoms with E-state index in [1.807, 2.05) is 24.3 Å². The Morgan fingerprint density at radius 2 is 1.87 bits per heavy atom. The third kappa shape index (κ3) is 3.30. The fourth-order valence-corrected chi connectivity index (χ4v) is 3.89. The third-order valence-corrected chi connectivity index (χ3v) is 5.63. The van der Waals surface area contributed by atoms with Crippen LogP contribution in [0.15, 0.2) is 61.7 Å². The first-order chi connectivity index (χ1) is 14.4. The first kappa shape index (κ1) is 19.6. The predicted molar refractivity (Wildman–Crippen MR) is 114 cm³/mol. The number of ketones is 1. The van der Waals surface area contributed by atoms with Gasteiger partial charge < -0.3 is 10.2 Å². The van der Waals surface area contributed by atoms with E-state index < -0.39 is 17.0 Å². The Hall–Kier alpha value is -3.66. The summed E-state index contributed by atoms with van der Waals surface area (Å²) < 4.78 is 7.34. The van der Waals surface area contributed by atoms with Crippen molar-refractivity contribution in [3.63, 3.8) is 0 Å². The molecular weight excluding hydrogens is 406 g/mol. The number of fused-ring (bicyclic) bond motifs is 1. The molecule has 3 heterocycles. The number of Topliss-reactive ketones (excluding diaryl/α,β-unsaturated/α-hetero) is 1. The molecule has 0 spiro atoms. The van der Waals surface area contributed by atoms with Crippen molar-refractivity contribution < 1.29 is 9.21 Å². The SMILES string of the molecule is Cn1c(N)c(C(=O)CSc2nc(-c3ccco3)nc3ccccc23)c(=O)n(C)c1=O. The average molecular weight is 423 g/mol. The van der Waals surface area contributed by atoms with Crippen LogP contribution in [0.3, 0.4) is 0 Å². The van der Waals surface area contributed by atoms with Crippen molar-refractivity contribution in [1.82, 2.24) is 19.1 Å². The van der Waals surface area contributed by atoms with E-state index in [9.17, 15) is 14.4 Å². The topological polar surface area (TPSA) is 126 Å². The van der Waals surface area contributed by atoms with Gasteiger partial charge in [-0.05, 0) is 18.2 Å². The second kappa shape index (κ2) is 7.64. The summed E-state index contributed by atoms with van der Waals surface area (Å²) >= 11 is 1.16. The van der Waals surface area contributed by atoms with Crippen LogP contribution in [0.4, 0.5) is 5.82 Å². The van der Waals surface area contributed by atoms with Crippen LogP contribution < -0.4 is 17.0 Å². The monoisotopic (exact) mass is 423 g/mol. The van der Waals surface area contributed by atoms with Crippen LogP contribution in [0.2, 0.25) is 0 Å². The largest absolute Gasteiger partial charge is 0.461 e. The van der Waals surface area contributed by atoms with E-state index in [1.165, 1.54) is 20.4 Å². The van der Waals surface area contributed by atoms with E-state index in [4.69, 9.17) is 10.2 Å². The lowest BCUT2D eigenvalue weighted by atomic mass is 10.2. The average Bonchev–Trinajstić information content (AvgIpc) is 3.29. The zero-order chi connectivity index (χ0) is 21.4. The van der Waals surface area contributed by atoms with E-state index in [0.29, 0.717) is 22.1 Å². The fraction of sp³-hybridized carbons (Fsp3) is 0.150. The van der Waals surface area contributed by atoms with Crippen LogP contribution in [0.1, 0.15) is 10.4 Å². The van der Waals surface area contributed by atoms with E-state index in [-0.39, 0.29) is 17.1 Å². The third-order valence-electron chi connectivity index (χ3n) is 4.64. The lowest BCUT2D eigenvalue weighted by Crippen LogP contribution is -2.41. The summed E-state index contributed by atoms with van der Waals surface area (Å²) in [4.78, 5) is 46.3. The molecule has 10 heteroatoms. The smallest absolute Gasteiger partial charge is 0.332 e. The highest BCUT2D eigenvalue weighted by Gasteiger charge is 2.21. The Kier molecular flexibility index (Phi) is 5.00. The highest BCUT2D eigenvalue weighted by Crippen LogP contribution is 2.29. The van der Waals surface area contributed by atoms with Gasteiger partial charge in [0.1, 0.15) is 16.4 Å². The molecule has 4 rings (SSSR count). The number of aromatic nitrogens is 4. The van der Waals surface area contributed by atoms with Gasteiger partial charge in [-0.25, -0.2) is 14.8 Å². The first-order valence-electron chi connectivity index (χ1n) is 8.90. The molecular formula is C20H17N5O4S. The van der Waals surface area contributed by atoms with Crippen molar-refractivity contribution in [2.75, 3.05) is 11.5 Å². The van der Waals surface area contributed by atoms with Gasteiger partial charge in [0.25, 0.3) is 5.56 Å². The van der Waals surface area contributed by atoms with Gasteiger partial charge in [0.05, 0.1) is 17.5 Å². The molecule has 4 aromatic rings. The van der Waals surface area contributed by atoms with Gasteiger partial charge in [0, 0.05) is 19.5 Å². The number of rotatable bonds is 5. The maximum atomic E-state index is 12.8. The standard InChI is InChI=1S/C20H17N5O4S/c1-24-16(21)15(19(27)25(2)20(24)28)13(26)10-30-18-11-6-3-4-7-12(11)22-17(23-18)14-8-5-9-29-14/h3-9H,10,21H2,1-2H3. The van der Waals surface area contributed by atoms with Crippen LogP contribution in [0.5, 0.6) is 0 Å². The number of carbonyl (C=O) groups excluding carboxylic acids is 1. The molecule has 0 aliphatic carbocycles. The molecule has 0 unspecified atom stereocenters. The summed E-state index contributed by atoms with van der Waals surface area (Å²) in [6.45, 7) is 0. The van der Waals surface area contributed by atoms with Crippen molar-refractivity contribution in [2.24, 2.45) is 14.1 Å². The van der Waals surface area contributed by atoms with Crippen molar-refractivity contribution in [1.29, 1.82) is 0 Å². The molecule has 30 heavy (non-hydrogen) atoms. The lowest BCUT2D eigenvalue weighted by Gasteiger charge is -2.11. The Morgan fingerprint density at radius 3 is 2.60 bits per heavy atom. The number of anilines is 1. The summed E-state index contributed by atoms with van der Waals surface area (Å²) in [6.07, 6.45) is 1.53. The summed E-state index contributed by atoms with van der Waals surface area (Å²) in [6, 6.07) is 10.9. The van der Waals surface area contributed by atoms with E-state index in [2.05, 4.69) is 9.97 Å². The van der Waals surface area contributed by atoms with Crippen LogP contribution >= 0.6 is 11.8 Å². The molecule has 1 aromatic carbocycles. The maximum absolute atomic E-state index is 12.8. The first-order valence-corrected chi connectivity index (χ1v) is 9.89. The number of para-hydroxylation sites is 1. The van der Waals surface area contributed by atoms with Gasteiger partial charge in [-0.2, -0.15) is 0 Å². The molecule has 2 N–H and O–H groups in total. The molecule has 0 fully saturated rings. The lowest BCUT2D eigenvalue weighted by molar-refractivity contribution is 0.102. The summed E-state index contributed by atoms with van der Waals surface area (Å²) in [5.74, 6) is 0.167. The molecule has 0 saturated carbocycles. The number of nitrogen functional groups attached to an aromatic ring is 1. The number of hydrogen-bond donors (Lipinski definition) is 1. The molecule has 0 aliphatic heterocycles. The van der Waals surface area contributed by atoms with E-state index in [0.717, 1.165) is 26.3 Å². The van der Waals surface area contributed by atoms with Gasteiger partial charge >= 0.3 is 5.69 Å². The van der Waals surface area contributed by atoms with Crippen LogP contribution in [0, 0.1) is 0 Å². The number of thioether (sulfide) groups is 1. The van der Waals surface area contributed by atoms with Gasteiger partial charge in [0.15, 0.2) is 17.4 Å². The quantitative estimate of drug-likeness (QED) is 0.293. The normalized spacial score (nSPS) is 11.1. The van der Waals surface area contributed by atoms with Crippen molar-refractivity contribution in [2.45, 2.75) is 5.03 Å². The zero-order valence-electron chi connectivity index (χ0n) is 16.2. The predicted octanol–water partition coefficient (Wildman–Crippen LogP) is 1.84.